The number of rotatable bonds is 8. The first kappa shape index (κ1) is 12.3. The molecule has 0 aromatic heterocycles. The Hall–Kier alpha value is 0.270. The normalized spacial score (nSPS) is 13.2. The standard InChI is InChI=1S/C9H21NOS/c1-9(11-2)8-10-6-4-5-7-12-3/h9-10H,4-8H2,1-3H3. The molecule has 12 heavy (non-hydrogen) atoms. The van der Waals surface area contributed by atoms with E-state index in [1.54, 1.807) is 7.11 Å². The second kappa shape index (κ2) is 9.36. The Morgan fingerprint density at radius 2 is 2.17 bits per heavy atom. The second-order valence-electron chi connectivity index (χ2n) is 2.95. The maximum Gasteiger partial charge on any atom is 0.0667 e. The molecular formula is C9H21NOS. The molecule has 0 aromatic carbocycles. The molecule has 0 aliphatic rings. The van der Waals surface area contributed by atoms with Gasteiger partial charge in [0.25, 0.3) is 0 Å². The van der Waals surface area contributed by atoms with Gasteiger partial charge in [-0.3, -0.25) is 0 Å². The lowest BCUT2D eigenvalue weighted by atomic mass is 10.3. The van der Waals surface area contributed by atoms with Crippen molar-refractivity contribution in [1.29, 1.82) is 0 Å². The van der Waals surface area contributed by atoms with Crippen LogP contribution in [0.3, 0.4) is 0 Å². The van der Waals surface area contributed by atoms with E-state index in [0.717, 1.165) is 13.1 Å². The number of nitrogens with one attached hydrogen (secondary N) is 1. The molecule has 0 saturated carbocycles. The van der Waals surface area contributed by atoms with E-state index in [1.807, 2.05) is 11.8 Å². The Bertz CT molecular complexity index is 90.6. The largest absolute Gasteiger partial charge is 0.380 e. The molecule has 0 saturated heterocycles. The molecule has 0 bridgehead atoms. The summed E-state index contributed by atoms with van der Waals surface area (Å²) in [5, 5.41) is 3.36. The first-order chi connectivity index (χ1) is 5.81. The van der Waals surface area contributed by atoms with Gasteiger partial charge in [-0.2, -0.15) is 11.8 Å². The van der Waals surface area contributed by atoms with Crippen LogP contribution in [-0.2, 0) is 4.74 Å². The molecule has 0 spiro atoms. The van der Waals surface area contributed by atoms with Crippen LogP contribution in [-0.4, -0.2) is 38.3 Å². The van der Waals surface area contributed by atoms with Crippen molar-refractivity contribution in [3.63, 3.8) is 0 Å². The van der Waals surface area contributed by atoms with Crippen molar-refractivity contribution in [3.05, 3.63) is 0 Å². The number of ether oxygens (including phenoxy) is 1. The maximum atomic E-state index is 5.11. The summed E-state index contributed by atoms with van der Waals surface area (Å²) in [6.45, 7) is 4.17. The van der Waals surface area contributed by atoms with Crippen LogP contribution in [0.4, 0.5) is 0 Å². The molecule has 2 nitrogen and oxygen atoms in total. The van der Waals surface area contributed by atoms with E-state index in [2.05, 4.69) is 18.5 Å². The fraction of sp³-hybridized carbons (Fsp3) is 1.00. The minimum absolute atomic E-state index is 0.338. The first-order valence-electron chi connectivity index (χ1n) is 4.53. The molecule has 1 N–H and O–H groups in total. The van der Waals surface area contributed by atoms with E-state index in [-0.39, 0.29) is 0 Å². The van der Waals surface area contributed by atoms with Crippen molar-refractivity contribution in [1.82, 2.24) is 5.32 Å². The summed E-state index contributed by atoms with van der Waals surface area (Å²) < 4.78 is 5.11. The van der Waals surface area contributed by atoms with Crippen molar-refractivity contribution in [2.45, 2.75) is 25.9 Å². The molecule has 74 valence electrons. The van der Waals surface area contributed by atoms with Crippen LogP contribution in [0, 0.1) is 0 Å². The van der Waals surface area contributed by atoms with Gasteiger partial charge >= 0.3 is 0 Å². The number of thioether (sulfide) groups is 1. The van der Waals surface area contributed by atoms with Gasteiger partial charge in [0.15, 0.2) is 0 Å². The predicted octanol–water partition coefficient (Wildman–Crippen LogP) is 1.75. The lowest BCUT2D eigenvalue weighted by Gasteiger charge is -2.09. The second-order valence-corrected chi connectivity index (χ2v) is 3.94. The molecule has 1 unspecified atom stereocenters. The summed E-state index contributed by atoms with van der Waals surface area (Å²) in [4.78, 5) is 0. The molecule has 0 radical (unpaired) electrons. The van der Waals surface area contributed by atoms with Crippen molar-refractivity contribution in [3.8, 4) is 0 Å². The molecule has 0 aromatic rings. The van der Waals surface area contributed by atoms with Gasteiger partial charge in [0.1, 0.15) is 0 Å². The highest BCUT2D eigenvalue weighted by atomic mass is 32.2. The molecule has 0 amide bonds. The topological polar surface area (TPSA) is 21.3 Å². The Labute approximate surface area is 80.4 Å². The lowest BCUT2D eigenvalue weighted by molar-refractivity contribution is 0.117. The smallest absolute Gasteiger partial charge is 0.0667 e. The molecule has 0 heterocycles. The van der Waals surface area contributed by atoms with E-state index >= 15 is 0 Å². The van der Waals surface area contributed by atoms with Gasteiger partial charge in [-0.15, -0.1) is 0 Å². The van der Waals surface area contributed by atoms with E-state index in [9.17, 15) is 0 Å². The van der Waals surface area contributed by atoms with Gasteiger partial charge in [-0.05, 0) is 38.3 Å². The summed E-state index contributed by atoms with van der Waals surface area (Å²) in [6.07, 6.45) is 5.08. The highest BCUT2D eigenvalue weighted by Gasteiger charge is 1.96. The van der Waals surface area contributed by atoms with E-state index in [0.29, 0.717) is 6.10 Å². The van der Waals surface area contributed by atoms with Crippen molar-refractivity contribution < 1.29 is 4.74 Å². The van der Waals surface area contributed by atoms with E-state index in [1.165, 1.54) is 18.6 Å². The third-order valence-electron chi connectivity index (χ3n) is 1.79. The van der Waals surface area contributed by atoms with Crippen LogP contribution in [0.15, 0.2) is 0 Å². The highest BCUT2D eigenvalue weighted by molar-refractivity contribution is 7.98. The average Bonchev–Trinajstić information content (AvgIpc) is 2.10. The Morgan fingerprint density at radius 3 is 2.75 bits per heavy atom. The van der Waals surface area contributed by atoms with Gasteiger partial charge in [-0.25, -0.2) is 0 Å². The van der Waals surface area contributed by atoms with Gasteiger partial charge in [0.2, 0.25) is 0 Å². The minimum atomic E-state index is 0.338. The third-order valence-corrected chi connectivity index (χ3v) is 2.48. The zero-order valence-electron chi connectivity index (χ0n) is 8.43. The van der Waals surface area contributed by atoms with Gasteiger partial charge in [0.05, 0.1) is 6.10 Å². The van der Waals surface area contributed by atoms with Crippen molar-refractivity contribution in [2.75, 3.05) is 32.2 Å². The predicted molar refractivity (Wildman–Crippen MR) is 57.0 cm³/mol. The van der Waals surface area contributed by atoms with E-state index < -0.39 is 0 Å². The average molecular weight is 191 g/mol. The van der Waals surface area contributed by atoms with Crippen LogP contribution < -0.4 is 5.32 Å². The summed E-state index contributed by atoms with van der Waals surface area (Å²) in [5.74, 6) is 1.28. The van der Waals surface area contributed by atoms with Gasteiger partial charge < -0.3 is 10.1 Å². The summed E-state index contributed by atoms with van der Waals surface area (Å²) in [5.41, 5.74) is 0. The molecule has 1 atom stereocenters. The molecule has 3 heteroatoms. The molecule has 0 rings (SSSR count). The zero-order chi connectivity index (χ0) is 9.23. The number of unbranched alkanes of at least 4 members (excludes halogenated alkanes) is 1. The zero-order valence-corrected chi connectivity index (χ0v) is 9.25. The Kier molecular flexibility index (Phi) is 9.57. The molecule has 0 aliphatic heterocycles. The van der Waals surface area contributed by atoms with Gasteiger partial charge in [0, 0.05) is 13.7 Å². The van der Waals surface area contributed by atoms with Crippen molar-refractivity contribution in [2.24, 2.45) is 0 Å². The third kappa shape index (κ3) is 8.37. The Morgan fingerprint density at radius 1 is 1.42 bits per heavy atom. The van der Waals surface area contributed by atoms with Gasteiger partial charge in [-0.1, -0.05) is 0 Å². The minimum Gasteiger partial charge on any atom is -0.380 e. The quantitative estimate of drug-likeness (QED) is 0.591. The summed E-state index contributed by atoms with van der Waals surface area (Å²) in [7, 11) is 1.75. The monoisotopic (exact) mass is 191 g/mol. The summed E-state index contributed by atoms with van der Waals surface area (Å²) >= 11 is 1.92. The number of hydrogen-bond acceptors (Lipinski definition) is 3. The maximum absolute atomic E-state index is 5.11. The number of hydrogen-bond donors (Lipinski definition) is 1. The van der Waals surface area contributed by atoms with Crippen LogP contribution in [0.2, 0.25) is 0 Å². The highest BCUT2D eigenvalue weighted by Crippen LogP contribution is 1.97. The summed E-state index contributed by atoms with van der Waals surface area (Å²) in [6, 6.07) is 0. The molecule has 0 aliphatic carbocycles. The molecular weight excluding hydrogens is 170 g/mol. The lowest BCUT2D eigenvalue weighted by Crippen LogP contribution is -2.26. The fourth-order valence-corrected chi connectivity index (χ4v) is 1.38. The number of methoxy groups -OCH3 is 1. The Balaban J connectivity index is 2.90. The van der Waals surface area contributed by atoms with Crippen LogP contribution in [0.5, 0.6) is 0 Å². The SMILES string of the molecule is COC(C)CNCCCCSC. The van der Waals surface area contributed by atoms with Crippen molar-refractivity contribution >= 4 is 11.8 Å². The first-order valence-corrected chi connectivity index (χ1v) is 5.93. The van der Waals surface area contributed by atoms with Crippen LogP contribution >= 0.6 is 11.8 Å². The fourth-order valence-electron chi connectivity index (χ4n) is 0.885. The molecule has 0 fully saturated rings. The van der Waals surface area contributed by atoms with E-state index in [4.69, 9.17) is 4.74 Å². The van der Waals surface area contributed by atoms with Crippen LogP contribution in [0.1, 0.15) is 19.8 Å². The van der Waals surface area contributed by atoms with Crippen LogP contribution in [0.25, 0.3) is 0 Å².